The fourth-order valence-corrected chi connectivity index (χ4v) is 3.44. The average Bonchev–Trinajstić information content (AvgIpc) is 2.26. The summed E-state index contributed by atoms with van der Waals surface area (Å²) in [6.45, 7) is 6.74. The van der Waals surface area contributed by atoms with Crippen molar-refractivity contribution in [3.8, 4) is 0 Å². The van der Waals surface area contributed by atoms with Crippen molar-refractivity contribution in [3.63, 3.8) is 0 Å². The van der Waals surface area contributed by atoms with Crippen LogP contribution in [0.25, 0.3) is 0 Å². The van der Waals surface area contributed by atoms with Gasteiger partial charge in [0, 0.05) is 19.1 Å². The van der Waals surface area contributed by atoms with Gasteiger partial charge in [0.25, 0.3) is 0 Å². The Kier molecular flexibility index (Phi) is 5.89. The maximum absolute atomic E-state index is 11.5. The molecule has 2 atom stereocenters. The van der Waals surface area contributed by atoms with Crippen LogP contribution in [0.15, 0.2) is 0 Å². The molecular formula is C12H26N2O2S. The van der Waals surface area contributed by atoms with E-state index in [1.807, 2.05) is 0 Å². The van der Waals surface area contributed by atoms with E-state index in [1.165, 1.54) is 12.7 Å². The predicted molar refractivity (Wildman–Crippen MR) is 71.5 cm³/mol. The first kappa shape index (κ1) is 14.9. The highest BCUT2D eigenvalue weighted by molar-refractivity contribution is 7.88. The van der Waals surface area contributed by atoms with Crippen molar-refractivity contribution in [2.45, 2.75) is 45.6 Å². The van der Waals surface area contributed by atoms with Crippen molar-refractivity contribution in [1.29, 1.82) is 0 Å². The van der Waals surface area contributed by atoms with E-state index in [0.717, 1.165) is 32.4 Å². The van der Waals surface area contributed by atoms with Gasteiger partial charge in [-0.15, -0.1) is 0 Å². The Morgan fingerprint density at radius 1 is 1.47 bits per heavy atom. The lowest BCUT2D eigenvalue weighted by Crippen LogP contribution is -2.39. The third-order valence-electron chi connectivity index (χ3n) is 3.51. The van der Waals surface area contributed by atoms with Gasteiger partial charge in [0.15, 0.2) is 0 Å². The van der Waals surface area contributed by atoms with Crippen LogP contribution in [-0.2, 0) is 10.0 Å². The van der Waals surface area contributed by atoms with Crippen molar-refractivity contribution in [2.75, 3.05) is 25.9 Å². The number of piperidine rings is 1. The lowest BCUT2D eigenvalue weighted by molar-refractivity contribution is 0.248. The van der Waals surface area contributed by atoms with E-state index in [2.05, 4.69) is 19.2 Å². The zero-order chi connectivity index (χ0) is 12.9. The van der Waals surface area contributed by atoms with Gasteiger partial charge in [-0.3, -0.25) is 0 Å². The first-order valence-electron chi connectivity index (χ1n) is 6.62. The molecule has 0 aromatic heterocycles. The summed E-state index contributed by atoms with van der Waals surface area (Å²) in [4.78, 5) is 0. The summed E-state index contributed by atoms with van der Waals surface area (Å²) in [5.74, 6) is 0.541. The van der Waals surface area contributed by atoms with Crippen LogP contribution in [0.4, 0.5) is 0 Å². The average molecular weight is 262 g/mol. The van der Waals surface area contributed by atoms with Gasteiger partial charge in [-0.1, -0.05) is 6.92 Å². The minimum Gasteiger partial charge on any atom is -0.315 e. The molecule has 102 valence electrons. The predicted octanol–water partition coefficient (Wildman–Crippen LogP) is 1.44. The zero-order valence-electron chi connectivity index (χ0n) is 11.3. The Morgan fingerprint density at radius 3 is 2.76 bits per heavy atom. The Hall–Kier alpha value is -0.130. The molecule has 1 rings (SSSR count). The topological polar surface area (TPSA) is 49.4 Å². The number of hydrogen-bond donors (Lipinski definition) is 1. The van der Waals surface area contributed by atoms with Gasteiger partial charge in [-0.05, 0) is 45.1 Å². The Bertz CT molecular complexity index is 316. The second-order valence-corrected chi connectivity index (χ2v) is 7.15. The summed E-state index contributed by atoms with van der Waals surface area (Å²) in [6, 6.07) is 0.536. The van der Waals surface area contributed by atoms with Crippen LogP contribution in [-0.4, -0.2) is 44.7 Å². The molecule has 2 unspecified atom stereocenters. The van der Waals surface area contributed by atoms with Crippen LogP contribution < -0.4 is 5.32 Å². The van der Waals surface area contributed by atoms with Gasteiger partial charge in [0.1, 0.15) is 0 Å². The van der Waals surface area contributed by atoms with Crippen LogP contribution in [0.2, 0.25) is 0 Å². The number of rotatable bonds is 6. The summed E-state index contributed by atoms with van der Waals surface area (Å²) in [5.41, 5.74) is 0. The smallest absolute Gasteiger partial charge is 0.211 e. The fourth-order valence-electron chi connectivity index (χ4n) is 2.50. The molecular weight excluding hydrogens is 236 g/mol. The van der Waals surface area contributed by atoms with E-state index in [0.29, 0.717) is 18.5 Å². The lowest BCUT2D eigenvalue weighted by atomic mass is 9.93. The van der Waals surface area contributed by atoms with Crippen molar-refractivity contribution >= 4 is 10.0 Å². The molecule has 1 heterocycles. The molecule has 1 fully saturated rings. The van der Waals surface area contributed by atoms with Crippen LogP contribution in [0, 0.1) is 5.92 Å². The molecule has 0 amide bonds. The molecule has 0 bridgehead atoms. The van der Waals surface area contributed by atoms with Gasteiger partial charge < -0.3 is 5.32 Å². The molecule has 0 radical (unpaired) electrons. The first-order valence-corrected chi connectivity index (χ1v) is 8.46. The number of nitrogens with one attached hydrogen (secondary N) is 1. The van der Waals surface area contributed by atoms with Crippen molar-refractivity contribution in [2.24, 2.45) is 5.92 Å². The third kappa shape index (κ3) is 5.36. The molecule has 0 spiro atoms. The molecule has 1 aliphatic heterocycles. The number of sulfonamides is 1. The van der Waals surface area contributed by atoms with E-state index in [1.54, 1.807) is 4.31 Å². The minimum atomic E-state index is -2.99. The summed E-state index contributed by atoms with van der Waals surface area (Å²) >= 11 is 0. The molecule has 17 heavy (non-hydrogen) atoms. The second-order valence-electron chi connectivity index (χ2n) is 5.17. The monoisotopic (exact) mass is 262 g/mol. The van der Waals surface area contributed by atoms with Crippen LogP contribution in [0.1, 0.15) is 39.5 Å². The molecule has 0 aromatic rings. The Morgan fingerprint density at radius 2 is 2.18 bits per heavy atom. The van der Waals surface area contributed by atoms with Crippen LogP contribution in [0.3, 0.4) is 0 Å². The van der Waals surface area contributed by atoms with E-state index >= 15 is 0 Å². The molecule has 5 heteroatoms. The molecule has 0 aromatic carbocycles. The van der Waals surface area contributed by atoms with E-state index < -0.39 is 10.0 Å². The van der Waals surface area contributed by atoms with Gasteiger partial charge in [-0.25, -0.2) is 12.7 Å². The van der Waals surface area contributed by atoms with Crippen LogP contribution in [0.5, 0.6) is 0 Å². The SMILES string of the molecule is CCNC(C)CCC1CCCN(S(C)(=O)=O)C1. The largest absolute Gasteiger partial charge is 0.315 e. The summed E-state index contributed by atoms with van der Waals surface area (Å²) in [6.07, 6.45) is 5.76. The fraction of sp³-hybridized carbons (Fsp3) is 1.00. The third-order valence-corrected chi connectivity index (χ3v) is 4.78. The maximum atomic E-state index is 11.5. The van der Waals surface area contributed by atoms with Gasteiger partial charge >= 0.3 is 0 Å². The van der Waals surface area contributed by atoms with Gasteiger partial charge in [-0.2, -0.15) is 0 Å². The summed E-state index contributed by atoms with van der Waals surface area (Å²) in [7, 11) is -2.99. The number of hydrogen-bond acceptors (Lipinski definition) is 3. The quantitative estimate of drug-likeness (QED) is 0.788. The maximum Gasteiger partial charge on any atom is 0.211 e. The summed E-state index contributed by atoms with van der Waals surface area (Å²) in [5, 5.41) is 3.39. The van der Waals surface area contributed by atoms with E-state index in [4.69, 9.17) is 0 Å². The zero-order valence-corrected chi connectivity index (χ0v) is 12.1. The molecule has 0 aliphatic carbocycles. The number of nitrogens with zero attached hydrogens (tertiary/aromatic N) is 1. The Labute approximate surface area is 106 Å². The van der Waals surface area contributed by atoms with Gasteiger partial charge in [0.05, 0.1) is 6.26 Å². The lowest BCUT2D eigenvalue weighted by Gasteiger charge is -2.31. The van der Waals surface area contributed by atoms with Crippen molar-refractivity contribution in [3.05, 3.63) is 0 Å². The summed E-state index contributed by atoms with van der Waals surface area (Å²) < 4.78 is 24.6. The molecule has 1 saturated heterocycles. The molecule has 1 aliphatic rings. The molecule has 0 saturated carbocycles. The van der Waals surface area contributed by atoms with E-state index in [-0.39, 0.29) is 0 Å². The van der Waals surface area contributed by atoms with Gasteiger partial charge in [0.2, 0.25) is 10.0 Å². The highest BCUT2D eigenvalue weighted by Gasteiger charge is 2.25. The Balaban J connectivity index is 2.35. The second kappa shape index (κ2) is 6.71. The molecule has 4 nitrogen and oxygen atoms in total. The normalized spacial score (nSPS) is 24.8. The van der Waals surface area contributed by atoms with Crippen LogP contribution >= 0.6 is 0 Å². The van der Waals surface area contributed by atoms with E-state index in [9.17, 15) is 8.42 Å². The van der Waals surface area contributed by atoms with Crippen molar-refractivity contribution < 1.29 is 8.42 Å². The standard InChI is InChI=1S/C12H26N2O2S/c1-4-13-11(2)7-8-12-6-5-9-14(10-12)17(3,15)16/h11-13H,4-10H2,1-3H3. The minimum absolute atomic E-state index is 0.536. The molecule has 1 N–H and O–H groups in total. The highest BCUT2D eigenvalue weighted by atomic mass is 32.2. The highest BCUT2D eigenvalue weighted by Crippen LogP contribution is 2.23. The first-order chi connectivity index (χ1) is 7.93. The van der Waals surface area contributed by atoms with Crippen molar-refractivity contribution in [1.82, 2.24) is 9.62 Å².